The van der Waals surface area contributed by atoms with E-state index in [0.29, 0.717) is 6.42 Å². The van der Waals surface area contributed by atoms with Crippen LogP contribution in [0.5, 0.6) is 0 Å². The number of carboxylic acids is 1. The molecule has 3 aromatic carbocycles. The number of aliphatic carboxylic acids is 1. The van der Waals surface area contributed by atoms with Gasteiger partial charge in [0.2, 0.25) is 10.0 Å². The van der Waals surface area contributed by atoms with Crippen molar-refractivity contribution in [1.82, 2.24) is 4.72 Å². The molecule has 0 amide bonds. The van der Waals surface area contributed by atoms with Crippen molar-refractivity contribution >= 4 is 16.0 Å². The number of hydrogen-bond donors (Lipinski definition) is 2. The molecule has 1 atom stereocenters. The second kappa shape index (κ2) is 9.69. The van der Waals surface area contributed by atoms with Gasteiger partial charge < -0.3 is 5.11 Å². The summed E-state index contributed by atoms with van der Waals surface area (Å²) in [6.07, 6.45) is 0.890. The van der Waals surface area contributed by atoms with Crippen LogP contribution >= 0.6 is 0 Å². The summed E-state index contributed by atoms with van der Waals surface area (Å²) in [4.78, 5) is 11.4. The molecule has 0 spiro atoms. The molecule has 0 saturated heterocycles. The van der Waals surface area contributed by atoms with Gasteiger partial charge in [-0.3, -0.25) is 4.79 Å². The predicted octanol–water partition coefficient (Wildman–Crippen LogP) is 4.28. The molecule has 0 aromatic heterocycles. The predicted molar refractivity (Wildman–Crippen MR) is 118 cm³/mol. The lowest BCUT2D eigenvalue weighted by atomic mass is 10.0. The van der Waals surface area contributed by atoms with E-state index in [1.165, 1.54) is 11.6 Å². The molecule has 1 unspecified atom stereocenters. The number of benzene rings is 3. The molecular formula is C24H25NO4S. The van der Waals surface area contributed by atoms with E-state index < -0.39 is 22.0 Å². The Morgan fingerprint density at radius 2 is 1.53 bits per heavy atom. The fourth-order valence-electron chi connectivity index (χ4n) is 3.37. The Balaban J connectivity index is 1.86. The second-order valence-electron chi connectivity index (χ2n) is 7.19. The maximum absolute atomic E-state index is 13.0. The van der Waals surface area contributed by atoms with Gasteiger partial charge >= 0.3 is 5.97 Å². The summed E-state index contributed by atoms with van der Waals surface area (Å²) in [6, 6.07) is 23.2. The van der Waals surface area contributed by atoms with E-state index in [-0.39, 0.29) is 11.3 Å². The molecule has 0 aliphatic rings. The molecule has 0 heterocycles. The van der Waals surface area contributed by atoms with Crippen molar-refractivity contribution in [3.8, 4) is 11.1 Å². The highest BCUT2D eigenvalue weighted by molar-refractivity contribution is 7.89. The first-order valence-corrected chi connectivity index (χ1v) is 11.3. The molecule has 3 rings (SSSR count). The minimum absolute atomic E-state index is 0.116. The van der Waals surface area contributed by atoms with Gasteiger partial charge in [0.1, 0.15) is 0 Å². The lowest BCUT2D eigenvalue weighted by Crippen LogP contribution is -2.38. The molecule has 3 aromatic rings. The molecule has 0 fully saturated rings. The van der Waals surface area contributed by atoms with Crippen molar-refractivity contribution < 1.29 is 18.3 Å². The van der Waals surface area contributed by atoms with Crippen LogP contribution in [0.25, 0.3) is 11.1 Å². The molecule has 6 heteroatoms. The molecule has 0 radical (unpaired) electrons. The number of sulfonamides is 1. The van der Waals surface area contributed by atoms with E-state index in [1.54, 1.807) is 12.1 Å². The minimum atomic E-state index is -3.88. The summed E-state index contributed by atoms with van der Waals surface area (Å²) in [6.45, 7) is 2.07. The Morgan fingerprint density at radius 1 is 0.900 bits per heavy atom. The van der Waals surface area contributed by atoms with Crippen LogP contribution in [0.1, 0.15) is 24.5 Å². The van der Waals surface area contributed by atoms with Gasteiger partial charge in [-0.05, 0) is 47.2 Å². The maximum Gasteiger partial charge on any atom is 0.304 e. The van der Waals surface area contributed by atoms with Crippen molar-refractivity contribution in [1.29, 1.82) is 0 Å². The van der Waals surface area contributed by atoms with E-state index in [9.17, 15) is 18.3 Å². The van der Waals surface area contributed by atoms with Gasteiger partial charge in [-0.25, -0.2) is 13.1 Å². The maximum atomic E-state index is 13.0. The molecular weight excluding hydrogens is 398 g/mol. The van der Waals surface area contributed by atoms with Crippen molar-refractivity contribution in [3.05, 3.63) is 90.0 Å². The smallest absolute Gasteiger partial charge is 0.304 e. The van der Waals surface area contributed by atoms with Crippen LogP contribution in [0, 0.1) is 0 Å². The highest BCUT2D eigenvalue weighted by atomic mass is 32.2. The molecule has 0 aliphatic heterocycles. The van der Waals surface area contributed by atoms with Gasteiger partial charge in [-0.15, -0.1) is 0 Å². The summed E-state index contributed by atoms with van der Waals surface area (Å²) in [5.74, 6) is -1.05. The third-order valence-electron chi connectivity index (χ3n) is 4.88. The van der Waals surface area contributed by atoms with E-state index >= 15 is 0 Å². The average molecular weight is 424 g/mol. The Labute approximate surface area is 177 Å². The first kappa shape index (κ1) is 21.7. The van der Waals surface area contributed by atoms with Gasteiger partial charge in [0.25, 0.3) is 0 Å². The fraction of sp³-hybridized carbons (Fsp3) is 0.208. The second-order valence-corrected chi connectivity index (χ2v) is 8.90. The molecule has 156 valence electrons. The summed E-state index contributed by atoms with van der Waals surface area (Å²) >= 11 is 0. The number of hydrogen-bond acceptors (Lipinski definition) is 3. The number of rotatable bonds is 9. The minimum Gasteiger partial charge on any atom is -0.481 e. The van der Waals surface area contributed by atoms with Gasteiger partial charge in [0.05, 0.1) is 11.3 Å². The first-order chi connectivity index (χ1) is 14.4. The highest BCUT2D eigenvalue weighted by Gasteiger charge is 2.23. The van der Waals surface area contributed by atoms with E-state index in [0.717, 1.165) is 23.1 Å². The summed E-state index contributed by atoms with van der Waals surface area (Å²) in [5, 5.41) is 9.24. The number of nitrogens with one attached hydrogen (secondary N) is 1. The molecule has 2 N–H and O–H groups in total. The van der Waals surface area contributed by atoms with Crippen LogP contribution in [0.3, 0.4) is 0 Å². The van der Waals surface area contributed by atoms with Crippen LogP contribution in [0.15, 0.2) is 83.8 Å². The number of aryl methyl sites for hydroxylation is 1. The van der Waals surface area contributed by atoms with E-state index in [1.807, 2.05) is 60.7 Å². The molecule has 30 heavy (non-hydrogen) atoms. The third-order valence-corrected chi connectivity index (χ3v) is 6.40. The molecule has 0 bridgehead atoms. The van der Waals surface area contributed by atoms with Crippen molar-refractivity contribution in [2.75, 3.05) is 0 Å². The zero-order chi connectivity index (χ0) is 21.6. The van der Waals surface area contributed by atoms with Gasteiger partial charge in [0.15, 0.2) is 0 Å². The van der Waals surface area contributed by atoms with Crippen LogP contribution in [-0.4, -0.2) is 25.5 Å². The quantitative estimate of drug-likeness (QED) is 0.538. The first-order valence-electron chi connectivity index (χ1n) is 9.85. The topological polar surface area (TPSA) is 83.5 Å². The third kappa shape index (κ3) is 5.78. The van der Waals surface area contributed by atoms with Crippen LogP contribution in [-0.2, 0) is 27.7 Å². The molecule has 0 aliphatic carbocycles. The van der Waals surface area contributed by atoms with E-state index in [4.69, 9.17) is 0 Å². The van der Waals surface area contributed by atoms with Crippen LogP contribution in [0.2, 0.25) is 0 Å². The SMILES string of the molecule is CCc1cccc(-c2cccc(S(=O)(=O)NC(CC(=O)O)Cc3ccccc3)c2)c1. The Bertz CT molecular complexity index is 1110. The van der Waals surface area contributed by atoms with Crippen molar-refractivity contribution in [3.63, 3.8) is 0 Å². The van der Waals surface area contributed by atoms with Gasteiger partial charge in [0, 0.05) is 6.04 Å². The molecule has 5 nitrogen and oxygen atoms in total. The lowest BCUT2D eigenvalue weighted by molar-refractivity contribution is -0.137. The lowest BCUT2D eigenvalue weighted by Gasteiger charge is -2.18. The summed E-state index contributed by atoms with van der Waals surface area (Å²) in [7, 11) is -3.88. The van der Waals surface area contributed by atoms with Crippen molar-refractivity contribution in [2.45, 2.75) is 37.1 Å². The van der Waals surface area contributed by atoms with E-state index in [2.05, 4.69) is 11.6 Å². The summed E-state index contributed by atoms with van der Waals surface area (Å²) in [5.41, 5.74) is 3.78. The number of carbonyl (C=O) groups is 1. The van der Waals surface area contributed by atoms with Crippen LogP contribution in [0.4, 0.5) is 0 Å². The average Bonchev–Trinajstić information content (AvgIpc) is 2.74. The van der Waals surface area contributed by atoms with Gasteiger partial charge in [-0.2, -0.15) is 0 Å². The molecule has 0 saturated carbocycles. The Morgan fingerprint density at radius 3 is 2.20 bits per heavy atom. The standard InChI is InChI=1S/C24H25NO4S/c1-2-18-10-6-11-20(14-18)21-12-7-13-23(16-21)30(28,29)25-22(17-24(26)27)15-19-8-4-3-5-9-19/h3-14,16,22,25H,2,15,17H2,1H3,(H,26,27). The highest BCUT2D eigenvalue weighted by Crippen LogP contribution is 2.24. The normalized spacial score (nSPS) is 12.4. The van der Waals surface area contributed by atoms with Gasteiger partial charge in [-0.1, -0.05) is 73.7 Å². The zero-order valence-corrected chi connectivity index (χ0v) is 17.6. The Kier molecular flexibility index (Phi) is 7.03. The van der Waals surface area contributed by atoms with Crippen LogP contribution < -0.4 is 4.72 Å². The van der Waals surface area contributed by atoms with Crippen molar-refractivity contribution in [2.24, 2.45) is 0 Å². The monoisotopic (exact) mass is 423 g/mol. The summed E-state index contributed by atoms with van der Waals surface area (Å²) < 4.78 is 28.6. The largest absolute Gasteiger partial charge is 0.481 e. The fourth-order valence-corrected chi connectivity index (χ4v) is 4.65. The zero-order valence-electron chi connectivity index (χ0n) is 16.8. The Hall–Kier alpha value is -2.96. The number of carboxylic acid groups (broad SMARTS) is 1.